The van der Waals surface area contributed by atoms with E-state index in [1.165, 1.54) is 16.7 Å². The fourth-order valence-corrected chi connectivity index (χ4v) is 2.99. The van der Waals surface area contributed by atoms with Crippen LogP contribution in [0.25, 0.3) is 0 Å². The van der Waals surface area contributed by atoms with E-state index in [0.29, 0.717) is 6.54 Å². The lowest BCUT2D eigenvalue weighted by molar-refractivity contribution is 0.0203. The summed E-state index contributed by atoms with van der Waals surface area (Å²) >= 11 is 0. The van der Waals surface area contributed by atoms with Crippen LogP contribution in [0.1, 0.15) is 49.1 Å². The van der Waals surface area contributed by atoms with Crippen molar-refractivity contribution in [2.45, 2.75) is 45.9 Å². The molecule has 0 radical (unpaired) electrons. The van der Waals surface area contributed by atoms with E-state index >= 15 is 0 Å². The molecule has 3 nitrogen and oxygen atoms in total. The monoisotopic (exact) mass is 309 g/mol. The van der Waals surface area contributed by atoms with E-state index in [1.807, 2.05) is 37.8 Å². The van der Waals surface area contributed by atoms with Crippen LogP contribution in [0.15, 0.2) is 48.5 Å². The molecule has 2 aromatic rings. The highest BCUT2D eigenvalue weighted by molar-refractivity contribution is 5.71. The molecule has 1 heterocycles. The molecule has 2 aromatic carbocycles. The minimum Gasteiger partial charge on any atom is -0.444 e. The maximum Gasteiger partial charge on any atom is 0.411 e. The molecule has 3 rings (SSSR count). The Bertz CT molecular complexity index is 713. The van der Waals surface area contributed by atoms with Crippen LogP contribution in [-0.2, 0) is 11.3 Å². The summed E-state index contributed by atoms with van der Waals surface area (Å²) in [5.41, 5.74) is 4.20. The van der Waals surface area contributed by atoms with Crippen molar-refractivity contribution < 1.29 is 9.53 Å². The summed E-state index contributed by atoms with van der Waals surface area (Å²) in [6.45, 7) is 8.35. The van der Waals surface area contributed by atoms with Crippen LogP contribution in [0.5, 0.6) is 0 Å². The van der Waals surface area contributed by atoms with Gasteiger partial charge in [-0.1, -0.05) is 54.1 Å². The third-order valence-electron chi connectivity index (χ3n) is 4.02. The molecule has 1 atom stereocenters. The number of aryl methyl sites for hydroxylation is 1. The summed E-state index contributed by atoms with van der Waals surface area (Å²) in [6.07, 6.45) is -0.265. The van der Waals surface area contributed by atoms with Crippen molar-refractivity contribution in [2.75, 3.05) is 0 Å². The van der Waals surface area contributed by atoms with Crippen LogP contribution in [0.3, 0.4) is 0 Å². The quantitative estimate of drug-likeness (QED) is 0.754. The zero-order chi connectivity index (χ0) is 16.6. The zero-order valence-electron chi connectivity index (χ0n) is 14.2. The molecule has 0 spiro atoms. The molecule has 1 unspecified atom stereocenters. The first-order chi connectivity index (χ1) is 10.8. The van der Waals surface area contributed by atoms with Gasteiger partial charge in [0.2, 0.25) is 0 Å². The number of hydrogen-bond donors (Lipinski definition) is 0. The van der Waals surface area contributed by atoms with E-state index in [9.17, 15) is 4.79 Å². The van der Waals surface area contributed by atoms with Crippen LogP contribution >= 0.6 is 0 Å². The summed E-state index contributed by atoms with van der Waals surface area (Å²) in [5.74, 6) is 0. The maximum absolute atomic E-state index is 12.7. The van der Waals surface area contributed by atoms with E-state index in [2.05, 4.69) is 43.3 Å². The molecule has 1 aliphatic rings. The van der Waals surface area contributed by atoms with E-state index in [1.54, 1.807) is 0 Å². The van der Waals surface area contributed by atoms with E-state index in [0.717, 1.165) is 5.56 Å². The van der Waals surface area contributed by atoms with Gasteiger partial charge in [-0.3, -0.25) is 4.90 Å². The molecule has 0 bridgehead atoms. The molecule has 0 N–H and O–H groups in total. The number of carbonyl (C=O) groups excluding carboxylic acids is 1. The van der Waals surface area contributed by atoms with Crippen molar-refractivity contribution >= 4 is 6.09 Å². The van der Waals surface area contributed by atoms with Crippen LogP contribution in [0.4, 0.5) is 4.79 Å². The van der Waals surface area contributed by atoms with Crippen molar-refractivity contribution in [3.8, 4) is 0 Å². The third kappa shape index (κ3) is 3.24. The Hall–Kier alpha value is -2.29. The number of amides is 1. The average Bonchev–Trinajstić information content (AvgIpc) is 2.86. The normalized spacial score (nSPS) is 17.0. The van der Waals surface area contributed by atoms with Crippen LogP contribution < -0.4 is 0 Å². The van der Waals surface area contributed by atoms with Crippen LogP contribution in [0.2, 0.25) is 0 Å². The number of ether oxygens (including phenoxy) is 1. The van der Waals surface area contributed by atoms with Gasteiger partial charge in [-0.2, -0.15) is 0 Å². The largest absolute Gasteiger partial charge is 0.444 e. The highest BCUT2D eigenvalue weighted by Crippen LogP contribution is 2.39. The molecule has 1 aliphatic heterocycles. The highest BCUT2D eigenvalue weighted by atomic mass is 16.6. The lowest BCUT2D eigenvalue weighted by Crippen LogP contribution is -2.36. The van der Waals surface area contributed by atoms with Gasteiger partial charge in [0.05, 0.1) is 12.6 Å². The Morgan fingerprint density at radius 1 is 1.09 bits per heavy atom. The molecule has 0 saturated heterocycles. The number of carbonyl (C=O) groups is 1. The first-order valence-electron chi connectivity index (χ1n) is 7.99. The van der Waals surface area contributed by atoms with Gasteiger partial charge in [0.15, 0.2) is 0 Å². The highest BCUT2D eigenvalue weighted by Gasteiger charge is 2.36. The van der Waals surface area contributed by atoms with Gasteiger partial charge in [-0.15, -0.1) is 0 Å². The molecular weight excluding hydrogens is 286 g/mol. The Kier molecular flexibility index (Phi) is 3.88. The van der Waals surface area contributed by atoms with Gasteiger partial charge in [-0.05, 0) is 44.4 Å². The van der Waals surface area contributed by atoms with E-state index in [4.69, 9.17) is 4.74 Å². The number of nitrogens with zero attached hydrogens (tertiary/aromatic N) is 1. The lowest BCUT2D eigenvalue weighted by Gasteiger charge is -2.29. The topological polar surface area (TPSA) is 29.5 Å². The zero-order valence-corrected chi connectivity index (χ0v) is 14.2. The summed E-state index contributed by atoms with van der Waals surface area (Å²) in [6, 6.07) is 16.5. The number of fused-ring (bicyclic) bond motifs is 1. The van der Waals surface area contributed by atoms with Gasteiger partial charge >= 0.3 is 6.09 Å². The van der Waals surface area contributed by atoms with Gasteiger partial charge in [0, 0.05) is 0 Å². The minimum absolute atomic E-state index is 0.0818. The minimum atomic E-state index is -0.496. The van der Waals surface area contributed by atoms with E-state index < -0.39 is 5.60 Å². The SMILES string of the molecule is Cc1ccc(C2c3ccccc3CN2C(=O)OC(C)(C)C)cc1. The second-order valence-corrected chi connectivity index (χ2v) is 7.12. The molecule has 0 saturated carbocycles. The van der Waals surface area contributed by atoms with Gasteiger partial charge in [0.1, 0.15) is 5.60 Å². The van der Waals surface area contributed by atoms with Crippen molar-refractivity contribution in [1.82, 2.24) is 4.90 Å². The average molecular weight is 309 g/mol. The first kappa shape index (κ1) is 15.6. The fourth-order valence-electron chi connectivity index (χ4n) is 2.99. The van der Waals surface area contributed by atoms with Crippen molar-refractivity contribution in [2.24, 2.45) is 0 Å². The summed E-state index contributed by atoms with van der Waals surface area (Å²) in [4.78, 5) is 14.5. The van der Waals surface area contributed by atoms with Gasteiger partial charge < -0.3 is 4.74 Å². The molecule has 0 fully saturated rings. The Balaban J connectivity index is 1.99. The molecule has 3 heteroatoms. The maximum atomic E-state index is 12.7. The number of rotatable bonds is 1. The number of benzene rings is 2. The summed E-state index contributed by atoms with van der Waals surface area (Å²) < 4.78 is 5.62. The van der Waals surface area contributed by atoms with Crippen molar-refractivity contribution in [3.63, 3.8) is 0 Å². The van der Waals surface area contributed by atoms with Crippen molar-refractivity contribution in [1.29, 1.82) is 0 Å². The van der Waals surface area contributed by atoms with E-state index in [-0.39, 0.29) is 12.1 Å². The second kappa shape index (κ2) is 5.73. The number of hydrogen-bond acceptors (Lipinski definition) is 2. The Morgan fingerprint density at radius 2 is 1.74 bits per heavy atom. The Labute approximate surface area is 137 Å². The fraction of sp³-hybridized carbons (Fsp3) is 0.350. The predicted molar refractivity (Wildman–Crippen MR) is 91.2 cm³/mol. The smallest absolute Gasteiger partial charge is 0.411 e. The molecule has 120 valence electrons. The van der Waals surface area contributed by atoms with Gasteiger partial charge in [0.25, 0.3) is 0 Å². The first-order valence-corrected chi connectivity index (χ1v) is 7.99. The third-order valence-corrected chi connectivity index (χ3v) is 4.02. The van der Waals surface area contributed by atoms with Crippen LogP contribution in [0, 0.1) is 6.92 Å². The lowest BCUT2D eigenvalue weighted by atomic mass is 9.97. The molecule has 1 amide bonds. The van der Waals surface area contributed by atoms with Crippen molar-refractivity contribution in [3.05, 3.63) is 70.8 Å². The summed E-state index contributed by atoms with van der Waals surface area (Å²) in [7, 11) is 0. The van der Waals surface area contributed by atoms with Crippen LogP contribution in [-0.4, -0.2) is 16.6 Å². The second-order valence-electron chi connectivity index (χ2n) is 7.12. The molecule has 0 aliphatic carbocycles. The molecule has 0 aromatic heterocycles. The standard InChI is InChI=1S/C20H23NO2/c1-14-9-11-15(12-10-14)18-17-8-6-5-7-16(17)13-21(18)19(22)23-20(2,3)4/h5-12,18H,13H2,1-4H3. The predicted octanol–water partition coefficient (Wildman–Crippen LogP) is 4.84. The van der Waals surface area contributed by atoms with Gasteiger partial charge in [-0.25, -0.2) is 4.79 Å². The summed E-state index contributed by atoms with van der Waals surface area (Å²) in [5, 5.41) is 0. The molecular formula is C20H23NO2. The molecule has 23 heavy (non-hydrogen) atoms. The Morgan fingerprint density at radius 3 is 2.39 bits per heavy atom.